The van der Waals surface area contributed by atoms with Gasteiger partial charge in [0.1, 0.15) is 0 Å². The summed E-state index contributed by atoms with van der Waals surface area (Å²) < 4.78 is 3.39. The van der Waals surface area contributed by atoms with Crippen molar-refractivity contribution in [1.82, 2.24) is 19.2 Å². The quantitative estimate of drug-likeness (QED) is 0.708. The monoisotopic (exact) mass is 254 g/mol. The van der Waals surface area contributed by atoms with E-state index in [9.17, 15) is 4.79 Å². The van der Waals surface area contributed by atoms with Gasteiger partial charge in [-0.05, 0) is 6.26 Å². The van der Waals surface area contributed by atoms with Crippen LogP contribution in [0.25, 0.3) is 5.78 Å². The van der Waals surface area contributed by atoms with Crippen molar-refractivity contribution in [2.75, 3.05) is 6.26 Å². The number of hydrogen-bond donors (Lipinski definition) is 0. The standard InChI is InChI=1S/C9H10N4OS2/c1-12-6-4-16-3-5(6)7(14)13-9(12)10-8(11-13)15-2/h3-4H2,1-2H3. The van der Waals surface area contributed by atoms with Crippen molar-refractivity contribution in [2.45, 2.75) is 16.7 Å². The third kappa shape index (κ3) is 1.24. The number of fused-ring (bicyclic) bond motifs is 2. The Morgan fingerprint density at radius 1 is 1.44 bits per heavy atom. The van der Waals surface area contributed by atoms with Crippen LogP contribution in [0.4, 0.5) is 0 Å². The van der Waals surface area contributed by atoms with E-state index in [0.717, 1.165) is 22.8 Å². The van der Waals surface area contributed by atoms with E-state index in [0.29, 0.717) is 10.9 Å². The average molecular weight is 254 g/mol. The fourth-order valence-corrected chi connectivity index (χ4v) is 3.37. The minimum Gasteiger partial charge on any atom is -0.316 e. The van der Waals surface area contributed by atoms with Gasteiger partial charge in [0.05, 0.1) is 0 Å². The lowest BCUT2D eigenvalue weighted by atomic mass is 10.3. The van der Waals surface area contributed by atoms with Gasteiger partial charge in [0, 0.05) is 29.8 Å². The first-order valence-corrected chi connectivity index (χ1v) is 7.19. The maximum Gasteiger partial charge on any atom is 0.280 e. The zero-order chi connectivity index (χ0) is 11.3. The van der Waals surface area contributed by atoms with Crippen molar-refractivity contribution in [2.24, 2.45) is 7.05 Å². The molecule has 84 valence electrons. The fraction of sp³-hybridized carbons (Fsp3) is 0.444. The highest BCUT2D eigenvalue weighted by molar-refractivity contribution is 7.98. The van der Waals surface area contributed by atoms with E-state index in [1.54, 1.807) is 11.8 Å². The molecule has 1 aliphatic heterocycles. The Hall–Kier alpha value is -0.950. The first kappa shape index (κ1) is 10.2. The van der Waals surface area contributed by atoms with E-state index >= 15 is 0 Å². The molecule has 0 aliphatic carbocycles. The van der Waals surface area contributed by atoms with Crippen LogP contribution in [0, 0.1) is 0 Å². The van der Waals surface area contributed by atoms with E-state index in [4.69, 9.17) is 0 Å². The van der Waals surface area contributed by atoms with Crippen molar-refractivity contribution < 1.29 is 0 Å². The van der Waals surface area contributed by atoms with Crippen LogP contribution in [0.5, 0.6) is 0 Å². The summed E-state index contributed by atoms with van der Waals surface area (Å²) in [7, 11) is 1.94. The second kappa shape index (κ2) is 3.53. The van der Waals surface area contributed by atoms with Crippen LogP contribution in [0.2, 0.25) is 0 Å². The smallest absolute Gasteiger partial charge is 0.280 e. The molecule has 5 nitrogen and oxygen atoms in total. The van der Waals surface area contributed by atoms with E-state index in [1.165, 1.54) is 16.3 Å². The molecule has 0 saturated carbocycles. The molecule has 0 amide bonds. The van der Waals surface area contributed by atoms with Crippen molar-refractivity contribution in [3.8, 4) is 0 Å². The number of rotatable bonds is 1. The highest BCUT2D eigenvalue weighted by atomic mass is 32.2. The van der Waals surface area contributed by atoms with Gasteiger partial charge in [0.2, 0.25) is 10.9 Å². The largest absolute Gasteiger partial charge is 0.316 e. The molecule has 2 aromatic heterocycles. The third-order valence-electron chi connectivity index (χ3n) is 2.74. The zero-order valence-electron chi connectivity index (χ0n) is 8.93. The van der Waals surface area contributed by atoms with Crippen LogP contribution in [-0.4, -0.2) is 25.4 Å². The Balaban J connectivity index is 2.46. The number of aryl methyl sites for hydroxylation is 1. The zero-order valence-corrected chi connectivity index (χ0v) is 10.6. The Morgan fingerprint density at radius 2 is 2.25 bits per heavy atom. The molecule has 0 aromatic carbocycles. The van der Waals surface area contributed by atoms with Crippen LogP contribution in [-0.2, 0) is 18.6 Å². The van der Waals surface area contributed by atoms with E-state index in [2.05, 4.69) is 10.1 Å². The molecular weight excluding hydrogens is 244 g/mol. The maximum atomic E-state index is 12.1. The SMILES string of the molecule is CSc1nc2n(C)c3c(c(=O)n2n1)CSC3. The Kier molecular flexibility index (Phi) is 2.25. The van der Waals surface area contributed by atoms with Crippen LogP contribution in [0.15, 0.2) is 9.95 Å². The number of nitrogens with zero attached hydrogens (tertiary/aromatic N) is 4. The van der Waals surface area contributed by atoms with Gasteiger partial charge in [-0.25, -0.2) is 0 Å². The molecule has 0 N–H and O–H groups in total. The number of thioether (sulfide) groups is 2. The summed E-state index contributed by atoms with van der Waals surface area (Å²) in [5, 5.41) is 4.84. The lowest BCUT2D eigenvalue weighted by Crippen LogP contribution is -2.23. The second-order valence-corrected chi connectivity index (χ2v) is 5.35. The Bertz CT molecular complexity index is 630. The molecule has 16 heavy (non-hydrogen) atoms. The van der Waals surface area contributed by atoms with Gasteiger partial charge in [-0.1, -0.05) is 11.8 Å². The first-order valence-electron chi connectivity index (χ1n) is 4.81. The van der Waals surface area contributed by atoms with Crippen molar-refractivity contribution in [1.29, 1.82) is 0 Å². The van der Waals surface area contributed by atoms with Gasteiger partial charge in [-0.15, -0.1) is 5.10 Å². The van der Waals surface area contributed by atoms with Gasteiger partial charge in [-0.3, -0.25) is 4.79 Å². The van der Waals surface area contributed by atoms with Gasteiger partial charge < -0.3 is 4.57 Å². The minimum atomic E-state index is -0.0131. The Morgan fingerprint density at radius 3 is 3.00 bits per heavy atom. The fourth-order valence-electron chi connectivity index (χ4n) is 1.88. The van der Waals surface area contributed by atoms with E-state index in [-0.39, 0.29) is 5.56 Å². The minimum absolute atomic E-state index is 0.0131. The molecule has 0 fully saturated rings. The molecule has 3 heterocycles. The molecule has 7 heteroatoms. The molecule has 2 aromatic rings. The summed E-state index contributed by atoms with van der Waals surface area (Å²) in [4.78, 5) is 16.5. The first-order chi connectivity index (χ1) is 7.72. The highest BCUT2D eigenvalue weighted by Crippen LogP contribution is 2.27. The predicted molar refractivity (Wildman–Crippen MR) is 65.0 cm³/mol. The van der Waals surface area contributed by atoms with Crippen LogP contribution in [0.1, 0.15) is 11.3 Å². The Labute approximate surface area is 100 Å². The normalized spacial score (nSPS) is 14.6. The third-order valence-corrected chi connectivity index (χ3v) is 4.25. The summed E-state index contributed by atoms with van der Waals surface area (Å²) in [6, 6.07) is 0. The maximum absolute atomic E-state index is 12.1. The van der Waals surface area contributed by atoms with Crippen LogP contribution in [0.3, 0.4) is 0 Å². The summed E-state index contributed by atoms with van der Waals surface area (Å²) in [5.74, 6) is 2.31. The van der Waals surface area contributed by atoms with Gasteiger partial charge in [-0.2, -0.15) is 21.3 Å². The lowest BCUT2D eigenvalue weighted by molar-refractivity contribution is 0.771. The second-order valence-electron chi connectivity index (χ2n) is 3.59. The van der Waals surface area contributed by atoms with Crippen molar-refractivity contribution >= 4 is 29.3 Å². The predicted octanol–water partition coefficient (Wildman–Crippen LogP) is 0.897. The van der Waals surface area contributed by atoms with Gasteiger partial charge in [0.15, 0.2) is 0 Å². The number of hydrogen-bond acceptors (Lipinski definition) is 5. The molecule has 1 aliphatic rings. The van der Waals surface area contributed by atoms with Crippen LogP contribution >= 0.6 is 23.5 Å². The molecule has 0 radical (unpaired) electrons. The molecule has 3 rings (SSSR count). The topological polar surface area (TPSA) is 52.2 Å². The average Bonchev–Trinajstić information content (AvgIpc) is 2.92. The highest BCUT2D eigenvalue weighted by Gasteiger charge is 2.22. The van der Waals surface area contributed by atoms with E-state index in [1.807, 2.05) is 17.9 Å². The summed E-state index contributed by atoms with van der Waals surface area (Å²) in [6.45, 7) is 0. The summed E-state index contributed by atoms with van der Waals surface area (Å²) >= 11 is 3.21. The molecule has 0 bridgehead atoms. The van der Waals surface area contributed by atoms with E-state index < -0.39 is 0 Å². The van der Waals surface area contributed by atoms with Crippen LogP contribution < -0.4 is 5.56 Å². The molecular formula is C9H10N4OS2. The van der Waals surface area contributed by atoms with Crippen molar-refractivity contribution in [3.05, 3.63) is 21.6 Å². The summed E-state index contributed by atoms with van der Waals surface area (Å²) in [6.07, 6.45) is 1.91. The molecule has 0 saturated heterocycles. The molecule has 0 unspecified atom stereocenters. The number of aromatic nitrogens is 4. The lowest BCUT2D eigenvalue weighted by Gasteiger charge is -2.06. The summed E-state index contributed by atoms with van der Waals surface area (Å²) in [5.41, 5.74) is 1.95. The van der Waals surface area contributed by atoms with Gasteiger partial charge >= 0.3 is 0 Å². The van der Waals surface area contributed by atoms with Gasteiger partial charge in [0.25, 0.3) is 5.56 Å². The molecule has 0 spiro atoms. The van der Waals surface area contributed by atoms with Crippen molar-refractivity contribution in [3.63, 3.8) is 0 Å². The molecule has 0 atom stereocenters.